The second-order valence-electron chi connectivity index (χ2n) is 3.93. The number of carboxylic acids is 1. The van der Waals surface area contributed by atoms with Crippen LogP contribution in [0, 0.1) is 0 Å². The molecule has 18 heavy (non-hydrogen) atoms. The van der Waals surface area contributed by atoms with Crippen molar-refractivity contribution in [1.29, 1.82) is 0 Å². The van der Waals surface area contributed by atoms with E-state index in [1.165, 1.54) is 25.7 Å². The van der Waals surface area contributed by atoms with Gasteiger partial charge in [0, 0.05) is 0 Å². The number of nitrogens with two attached hydrogens (primary N) is 2. The standard InChI is InChI=1S/C6H14N2O2.C4H8.H3O3P/c7-4-2-1-3-5(8)6(9)10;1-2-4-3-1;1-4(2)3/h5H,1-4,7-8H2,(H,9,10);1-4H2;4H,(H2,1,2,3). The Morgan fingerprint density at radius 2 is 1.56 bits per heavy atom. The van der Waals surface area contributed by atoms with Crippen molar-refractivity contribution in [2.45, 2.75) is 51.0 Å². The highest BCUT2D eigenvalue weighted by Crippen LogP contribution is 2.15. The van der Waals surface area contributed by atoms with Gasteiger partial charge in [-0.1, -0.05) is 32.1 Å². The number of carboxylic acid groups (broad SMARTS) is 1. The van der Waals surface area contributed by atoms with Crippen molar-refractivity contribution in [1.82, 2.24) is 0 Å². The molecule has 8 heteroatoms. The normalized spacial score (nSPS) is 14.5. The van der Waals surface area contributed by atoms with Gasteiger partial charge in [0.05, 0.1) is 0 Å². The highest BCUT2D eigenvalue weighted by Gasteiger charge is 2.09. The van der Waals surface area contributed by atoms with Gasteiger partial charge in [-0.3, -0.25) is 9.36 Å². The van der Waals surface area contributed by atoms with Crippen LogP contribution < -0.4 is 11.5 Å². The van der Waals surface area contributed by atoms with Crippen LogP contribution in [0.25, 0.3) is 0 Å². The Bertz CT molecular complexity index is 216. The van der Waals surface area contributed by atoms with Gasteiger partial charge in [0.2, 0.25) is 0 Å². The second kappa shape index (κ2) is 14.6. The third-order valence-corrected chi connectivity index (χ3v) is 2.29. The molecule has 7 nitrogen and oxygen atoms in total. The predicted molar refractivity (Wildman–Crippen MR) is 70.4 cm³/mol. The average Bonchev–Trinajstić information content (AvgIpc) is 2.14. The van der Waals surface area contributed by atoms with Crippen LogP contribution >= 0.6 is 8.25 Å². The third-order valence-electron chi connectivity index (χ3n) is 2.29. The molecule has 0 spiro atoms. The Morgan fingerprint density at radius 3 is 1.78 bits per heavy atom. The lowest BCUT2D eigenvalue weighted by Crippen LogP contribution is -2.29. The van der Waals surface area contributed by atoms with Gasteiger partial charge in [0.25, 0.3) is 0 Å². The Hall–Kier alpha value is -0.460. The number of rotatable bonds is 5. The average molecular weight is 284 g/mol. The minimum atomic E-state index is -3.13. The molecule has 1 atom stereocenters. The summed E-state index contributed by atoms with van der Waals surface area (Å²) in [6, 6.07) is -0.716. The van der Waals surface area contributed by atoms with Crippen LogP contribution in [0.5, 0.6) is 0 Å². The molecule has 1 rings (SSSR count). The van der Waals surface area contributed by atoms with Gasteiger partial charge in [-0.25, -0.2) is 0 Å². The summed E-state index contributed by atoms with van der Waals surface area (Å²) in [5.41, 5.74) is 10.4. The van der Waals surface area contributed by atoms with Crippen molar-refractivity contribution in [3.63, 3.8) is 0 Å². The minimum absolute atomic E-state index is 0.520. The predicted octanol–water partition coefficient (Wildman–Crippen LogP) is 0.448. The molecule has 1 unspecified atom stereocenters. The van der Waals surface area contributed by atoms with Gasteiger partial charge in [0.1, 0.15) is 6.04 Å². The van der Waals surface area contributed by atoms with Crippen molar-refractivity contribution in [3.05, 3.63) is 0 Å². The lowest BCUT2D eigenvalue weighted by atomic mass is 10.0. The highest BCUT2D eigenvalue weighted by molar-refractivity contribution is 7.30. The summed E-state index contributed by atoms with van der Waals surface area (Å²) in [7, 11) is -3.13. The number of unbranched alkanes of at least 4 members (excludes halogenated alkanes) is 1. The van der Waals surface area contributed by atoms with Crippen LogP contribution in [-0.2, 0) is 9.36 Å². The monoisotopic (exact) mass is 284 g/mol. The fourth-order valence-electron chi connectivity index (χ4n) is 0.882. The highest BCUT2D eigenvalue weighted by atomic mass is 31.1. The molecular weight excluding hydrogens is 259 g/mol. The van der Waals surface area contributed by atoms with Gasteiger partial charge in [0.15, 0.2) is 0 Å². The molecule has 7 N–H and O–H groups in total. The molecule has 110 valence electrons. The van der Waals surface area contributed by atoms with Crippen LogP contribution in [0.1, 0.15) is 44.9 Å². The van der Waals surface area contributed by atoms with E-state index in [1.54, 1.807) is 0 Å². The molecule has 1 saturated carbocycles. The fraction of sp³-hybridized carbons (Fsp3) is 0.900. The number of hydrogen-bond acceptors (Lipinski definition) is 4. The van der Waals surface area contributed by atoms with Gasteiger partial charge in [-0.15, -0.1) is 0 Å². The Balaban J connectivity index is 0. The Morgan fingerprint density at radius 1 is 1.17 bits per heavy atom. The first kappa shape index (κ1) is 19.9. The van der Waals surface area contributed by atoms with Crippen LogP contribution in [0.4, 0.5) is 0 Å². The molecule has 0 aliphatic heterocycles. The SMILES string of the molecule is C1CCC1.NCCCCC(N)C(=O)O.O=[PH](O)O. The van der Waals surface area contributed by atoms with Crippen molar-refractivity contribution in [2.24, 2.45) is 11.5 Å². The van der Waals surface area contributed by atoms with Crippen LogP contribution in [-0.4, -0.2) is 33.4 Å². The summed E-state index contributed by atoms with van der Waals surface area (Å²) in [5, 5.41) is 8.33. The Kier molecular flexibility index (Phi) is 16.1. The van der Waals surface area contributed by atoms with Crippen molar-refractivity contribution in [2.75, 3.05) is 6.54 Å². The molecular formula is C10H25N2O5P. The largest absolute Gasteiger partial charge is 0.480 e. The van der Waals surface area contributed by atoms with Crippen molar-refractivity contribution >= 4 is 14.2 Å². The zero-order valence-corrected chi connectivity index (χ0v) is 11.5. The summed E-state index contributed by atoms with van der Waals surface area (Å²) in [5.74, 6) is -0.933. The minimum Gasteiger partial charge on any atom is -0.480 e. The van der Waals surface area contributed by atoms with E-state index in [-0.39, 0.29) is 0 Å². The first-order chi connectivity index (χ1) is 8.41. The maximum Gasteiger partial charge on any atom is 0.320 e. The summed E-state index contributed by atoms with van der Waals surface area (Å²) in [6.45, 7) is 0.604. The molecule has 0 aromatic carbocycles. The quantitative estimate of drug-likeness (QED) is 0.363. The first-order valence-corrected chi connectivity index (χ1v) is 7.32. The Labute approximate surface area is 108 Å². The molecule has 0 bridgehead atoms. The maximum absolute atomic E-state index is 10.1. The molecule has 0 saturated heterocycles. The van der Waals surface area contributed by atoms with E-state index in [2.05, 4.69) is 0 Å². The van der Waals surface area contributed by atoms with E-state index in [0.717, 1.165) is 12.8 Å². The lowest BCUT2D eigenvalue weighted by molar-refractivity contribution is -0.138. The van der Waals surface area contributed by atoms with Crippen molar-refractivity contribution in [3.8, 4) is 0 Å². The van der Waals surface area contributed by atoms with E-state index in [0.29, 0.717) is 13.0 Å². The lowest BCUT2D eigenvalue weighted by Gasteiger charge is -2.05. The van der Waals surface area contributed by atoms with E-state index >= 15 is 0 Å². The number of aliphatic carboxylic acids is 1. The first-order valence-electron chi connectivity index (χ1n) is 6.02. The third kappa shape index (κ3) is 20.9. The van der Waals surface area contributed by atoms with E-state index in [4.69, 9.17) is 30.9 Å². The van der Waals surface area contributed by atoms with Gasteiger partial charge >= 0.3 is 14.2 Å². The fourth-order valence-corrected chi connectivity index (χ4v) is 0.882. The van der Waals surface area contributed by atoms with Crippen LogP contribution in [0.3, 0.4) is 0 Å². The van der Waals surface area contributed by atoms with Crippen molar-refractivity contribution < 1.29 is 24.3 Å². The zero-order valence-electron chi connectivity index (χ0n) is 10.5. The molecule has 0 aromatic rings. The second-order valence-corrected chi connectivity index (χ2v) is 4.49. The molecule has 1 aliphatic rings. The van der Waals surface area contributed by atoms with Gasteiger partial charge in [-0.2, -0.15) is 0 Å². The molecule has 0 heterocycles. The molecule has 0 amide bonds. The van der Waals surface area contributed by atoms with Gasteiger partial charge in [-0.05, 0) is 19.4 Å². The van der Waals surface area contributed by atoms with Crippen LogP contribution in [0.15, 0.2) is 0 Å². The number of carbonyl (C=O) groups is 1. The van der Waals surface area contributed by atoms with E-state index in [9.17, 15) is 4.79 Å². The number of hydrogen-bond donors (Lipinski definition) is 5. The maximum atomic E-state index is 10.1. The van der Waals surface area contributed by atoms with E-state index < -0.39 is 20.3 Å². The molecule has 1 fully saturated rings. The molecule has 0 aromatic heterocycles. The smallest absolute Gasteiger partial charge is 0.320 e. The van der Waals surface area contributed by atoms with Crippen LogP contribution in [0.2, 0.25) is 0 Å². The molecule has 1 aliphatic carbocycles. The summed E-state index contributed by atoms with van der Waals surface area (Å²) in [4.78, 5) is 24.5. The molecule has 0 radical (unpaired) electrons. The summed E-state index contributed by atoms with van der Waals surface area (Å²) >= 11 is 0. The summed E-state index contributed by atoms with van der Waals surface area (Å²) in [6.07, 6.45) is 8.16. The topological polar surface area (TPSA) is 147 Å². The van der Waals surface area contributed by atoms with E-state index in [1.807, 2.05) is 0 Å². The zero-order chi connectivity index (χ0) is 14.4. The van der Waals surface area contributed by atoms with Gasteiger partial charge < -0.3 is 26.4 Å². The summed E-state index contributed by atoms with van der Waals surface area (Å²) < 4.78 is 8.74.